The molecule has 1 aromatic heterocycles. The number of alkyl halides is 1. The van der Waals surface area contributed by atoms with E-state index < -0.39 is 41.2 Å². The van der Waals surface area contributed by atoms with E-state index in [1.54, 1.807) is 10.8 Å². The zero-order valence-corrected chi connectivity index (χ0v) is 29.5. The number of ether oxygens (including phenoxy) is 2. The normalized spacial score (nSPS) is 22.6. The first-order chi connectivity index (χ1) is 18.2. The van der Waals surface area contributed by atoms with Gasteiger partial charge in [0.15, 0.2) is 29.0 Å². The van der Waals surface area contributed by atoms with Gasteiger partial charge in [0, 0.05) is 11.8 Å². The molecular weight excluding hydrogens is 560 g/mol. The number of aromatic nitrogens is 2. The summed E-state index contributed by atoms with van der Waals surface area (Å²) in [6, 6.07) is 5.97. The summed E-state index contributed by atoms with van der Waals surface area (Å²) < 4.78 is 44.0. The lowest BCUT2D eigenvalue weighted by Gasteiger charge is -2.40. The van der Waals surface area contributed by atoms with Gasteiger partial charge in [0.1, 0.15) is 18.0 Å². The van der Waals surface area contributed by atoms with Crippen LogP contribution in [0.2, 0.25) is 36.3 Å². The topological polar surface area (TPSA) is 54.7 Å². The number of halogens is 1. The molecule has 1 fully saturated rings. The second kappa shape index (κ2) is 11.7. The summed E-state index contributed by atoms with van der Waals surface area (Å²) in [5.74, 6) is 1.15. The molecule has 3 rings (SSSR count). The number of para-hydroxylation sites is 1. The lowest BCUT2D eigenvalue weighted by Crippen LogP contribution is -2.50. The molecule has 1 aliphatic rings. The van der Waals surface area contributed by atoms with Crippen LogP contribution in [0.5, 0.6) is 11.6 Å². The van der Waals surface area contributed by atoms with Gasteiger partial charge in [-0.25, -0.2) is 4.39 Å². The number of hydrogen-bond donors (Lipinski definition) is 0. The lowest BCUT2D eigenvalue weighted by molar-refractivity contribution is -0.0448. The number of nitrogens with zero attached hydrogens (tertiary/aromatic N) is 2. The van der Waals surface area contributed by atoms with E-state index in [0.29, 0.717) is 5.88 Å². The van der Waals surface area contributed by atoms with Crippen molar-refractivity contribution in [1.82, 2.24) is 9.55 Å². The van der Waals surface area contributed by atoms with Gasteiger partial charge in [-0.1, -0.05) is 59.7 Å². The molecule has 0 N–H and O–H groups in total. The highest BCUT2D eigenvalue weighted by Gasteiger charge is 2.52. The van der Waals surface area contributed by atoms with E-state index in [-0.39, 0.29) is 21.5 Å². The average Bonchev–Trinajstić information content (AvgIpc) is 3.10. The molecule has 0 radical (unpaired) electrons. The third kappa shape index (κ3) is 6.95. The summed E-state index contributed by atoms with van der Waals surface area (Å²) in [6.45, 7) is 27.8. The summed E-state index contributed by atoms with van der Waals surface area (Å²) in [5, 5.41) is -0.0679. The Morgan fingerprint density at radius 3 is 2.02 bits per heavy atom. The van der Waals surface area contributed by atoms with Crippen LogP contribution in [-0.4, -0.2) is 51.2 Å². The molecule has 6 nitrogen and oxygen atoms in total. The molecule has 0 bridgehead atoms. The summed E-state index contributed by atoms with van der Waals surface area (Å²) >= 11 is 5.66. The van der Waals surface area contributed by atoms with Crippen LogP contribution < -0.4 is 4.74 Å². The first-order valence-electron chi connectivity index (χ1n) is 14.1. The highest BCUT2D eigenvalue weighted by Crippen LogP contribution is 2.44. The standard InChI is InChI=1S/C30H49FN2O4SSi2/c1-19-15-14-16-20(2)24(19)36-26-21(3)17-33(28(38)32-26)27-23(31)25(37-40(12,13)30(7,8)9)22(35-27)18-34-39(10,11)29(4,5)6/h14-17,22-23,25,27H,18H2,1-13H3/t22-,23?,25?,27-/m0/s1. The maximum absolute atomic E-state index is 16.4. The average molecular weight is 609 g/mol. The third-order valence-corrected chi connectivity index (χ3v) is 18.2. The van der Waals surface area contributed by atoms with Crippen LogP contribution in [0, 0.1) is 25.5 Å². The second-order valence-electron chi connectivity index (χ2n) is 14.2. The van der Waals surface area contributed by atoms with Crippen LogP contribution in [0.1, 0.15) is 64.5 Å². The number of aryl methyl sites for hydroxylation is 3. The van der Waals surface area contributed by atoms with Crippen molar-refractivity contribution in [1.29, 1.82) is 0 Å². The van der Waals surface area contributed by atoms with Gasteiger partial charge in [-0.3, -0.25) is 4.57 Å². The Hall–Kier alpha value is -1.44. The molecule has 4 atom stereocenters. The van der Waals surface area contributed by atoms with E-state index in [1.165, 1.54) is 0 Å². The van der Waals surface area contributed by atoms with Gasteiger partial charge in [0.2, 0.25) is 10.7 Å². The van der Waals surface area contributed by atoms with E-state index in [9.17, 15) is 0 Å². The molecule has 10 heteroatoms. The van der Waals surface area contributed by atoms with Crippen molar-refractivity contribution in [3.63, 3.8) is 0 Å². The first-order valence-corrected chi connectivity index (χ1v) is 20.3. The Bertz CT molecular complexity index is 1250. The zero-order valence-electron chi connectivity index (χ0n) is 26.6. The maximum atomic E-state index is 16.4. The SMILES string of the molecule is Cc1cn([C@H]2O[C@@H](CO[Si](C)(C)C(C)(C)C)C(O[Si](C)(C)C(C)(C)C)C2F)c(=S)nc1Oc1c(C)cccc1C. The Morgan fingerprint density at radius 1 is 0.950 bits per heavy atom. The fraction of sp³-hybridized carbons (Fsp3) is 0.667. The van der Waals surface area contributed by atoms with Crippen molar-refractivity contribution in [3.05, 3.63) is 45.9 Å². The van der Waals surface area contributed by atoms with Gasteiger partial charge in [-0.15, -0.1) is 0 Å². The van der Waals surface area contributed by atoms with Crippen LogP contribution in [0.3, 0.4) is 0 Å². The number of benzene rings is 1. The molecule has 1 saturated heterocycles. The minimum atomic E-state index is -2.32. The molecular formula is C30H49FN2O4SSi2. The second-order valence-corrected chi connectivity index (χ2v) is 24.1. The Morgan fingerprint density at radius 2 is 1.50 bits per heavy atom. The van der Waals surface area contributed by atoms with Gasteiger partial charge in [-0.2, -0.15) is 4.98 Å². The van der Waals surface area contributed by atoms with E-state index in [1.807, 2.05) is 39.0 Å². The molecule has 2 heterocycles. The fourth-order valence-electron chi connectivity index (χ4n) is 4.11. The van der Waals surface area contributed by atoms with E-state index in [4.69, 9.17) is 30.5 Å². The Labute approximate surface area is 247 Å². The van der Waals surface area contributed by atoms with Gasteiger partial charge >= 0.3 is 0 Å². The quantitative estimate of drug-likeness (QED) is 0.220. The summed E-state index contributed by atoms with van der Waals surface area (Å²) in [4.78, 5) is 4.56. The van der Waals surface area contributed by atoms with Crippen molar-refractivity contribution in [2.75, 3.05) is 6.61 Å². The molecule has 0 aliphatic carbocycles. The van der Waals surface area contributed by atoms with Crippen LogP contribution in [-0.2, 0) is 13.6 Å². The molecule has 2 aromatic rings. The van der Waals surface area contributed by atoms with Crippen LogP contribution in [0.15, 0.2) is 24.4 Å². The minimum Gasteiger partial charge on any atom is -0.438 e. The van der Waals surface area contributed by atoms with Crippen LogP contribution in [0.4, 0.5) is 4.39 Å². The van der Waals surface area contributed by atoms with Crippen LogP contribution in [0.25, 0.3) is 0 Å². The molecule has 2 unspecified atom stereocenters. The van der Waals surface area contributed by atoms with Gasteiger partial charge < -0.3 is 18.3 Å². The largest absolute Gasteiger partial charge is 0.438 e. The Kier molecular flexibility index (Phi) is 9.66. The lowest BCUT2D eigenvalue weighted by atomic mass is 10.1. The monoisotopic (exact) mass is 608 g/mol. The highest BCUT2D eigenvalue weighted by molar-refractivity contribution is 7.71. The molecule has 40 heavy (non-hydrogen) atoms. The fourth-order valence-corrected chi connectivity index (χ4v) is 6.68. The predicted octanol–water partition coefficient (Wildman–Crippen LogP) is 8.98. The molecule has 0 amide bonds. The summed E-state index contributed by atoms with van der Waals surface area (Å²) in [7, 11) is -4.42. The van der Waals surface area contributed by atoms with Crippen molar-refractivity contribution in [2.24, 2.45) is 0 Å². The molecule has 1 aliphatic heterocycles. The van der Waals surface area contributed by atoms with E-state index in [0.717, 1.165) is 22.4 Å². The van der Waals surface area contributed by atoms with Crippen molar-refractivity contribution >= 4 is 28.9 Å². The first kappa shape index (κ1) is 33.1. The third-order valence-electron chi connectivity index (χ3n) is 8.89. The summed E-state index contributed by atoms with van der Waals surface area (Å²) in [6.07, 6.45) is -1.99. The van der Waals surface area contributed by atoms with E-state index >= 15 is 4.39 Å². The summed E-state index contributed by atoms with van der Waals surface area (Å²) in [5.41, 5.74) is 2.74. The smallest absolute Gasteiger partial charge is 0.226 e. The van der Waals surface area contributed by atoms with Gasteiger partial charge in [0.05, 0.1) is 6.61 Å². The van der Waals surface area contributed by atoms with Gasteiger partial charge in [0.25, 0.3) is 0 Å². The minimum absolute atomic E-state index is 0.0186. The molecule has 1 aromatic carbocycles. The maximum Gasteiger partial charge on any atom is 0.226 e. The number of rotatable bonds is 8. The predicted molar refractivity (Wildman–Crippen MR) is 168 cm³/mol. The Balaban J connectivity index is 1.95. The van der Waals surface area contributed by atoms with Crippen LogP contribution >= 0.6 is 12.2 Å². The molecule has 224 valence electrons. The van der Waals surface area contributed by atoms with Crippen molar-refractivity contribution < 1.29 is 22.7 Å². The van der Waals surface area contributed by atoms with Crippen molar-refractivity contribution in [3.8, 4) is 11.6 Å². The van der Waals surface area contributed by atoms with Gasteiger partial charge in [-0.05, 0) is 80.4 Å². The molecule has 0 saturated carbocycles. The molecule has 0 spiro atoms. The zero-order chi connectivity index (χ0) is 30.4. The van der Waals surface area contributed by atoms with Crippen molar-refractivity contribution in [2.45, 2.75) is 123 Å². The number of hydrogen-bond acceptors (Lipinski definition) is 6. The highest BCUT2D eigenvalue weighted by atomic mass is 32.1. The van der Waals surface area contributed by atoms with E-state index in [2.05, 4.69) is 72.7 Å².